The summed E-state index contributed by atoms with van der Waals surface area (Å²) in [6, 6.07) is 0. The van der Waals surface area contributed by atoms with E-state index >= 15 is 0 Å². The van der Waals surface area contributed by atoms with Crippen LogP contribution in [0.3, 0.4) is 0 Å². The van der Waals surface area contributed by atoms with Crippen molar-refractivity contribution in [3.63, 3.8) is 0 Å². The molecule has 0 saturated heterocycles. The van der Waals surface area contributed by atoms with E-state index in [4.69, 9.17) is 0 Å². The smallest absolute Gasteiger partial charge is 0.165 e. The van der Waals surface area contributed by atoms with Crippen molar-refractivity contribution in [3.8, 4) is 0 Å². The Morgan fingerprint density at radius 3 is 2.86 bits per heavy atom. The lowest BCUT2D eigenvalue weighted by atomic mass is 10.1. The summed E-state index contributed by atoms with van der Waals surface area (Å²) >= 11 is 0. The van der Waals surface area contributed by atoms with Crippen molar-refractivity contribution >= 4 is 0 Å². The molecule has 1 aliphatic rings. The molecule has 0 bridgehead atoms. The average molecular weight is 195 g/mol. The summed E-state index contributed by atoms with van der Waals surface area (Å²) in [5, 5.41) is 14.7. The van der Waals surface area contributed by atoms with Gasteiger partial charge in [0, 0.05) is 6.54 Å². The first-order valence-corrected chi connectivity index (χ1v) is 5.03. The highest BCUT2D eigenvalue weighted by molar-refractivity contribution is 4.95. The number of hydrogen-bond acceptors (Lipinski definition) is 4. The molecule has 1 fully saturated rings. The van der Waals surface area contributed by atoms with Gasteiger partial charge >= 0.3 is 0 Å². The third kappa shape index (κ3) is 1.77. The first kappa shape index (κ1) is 9.58. The Bertz CT molecular complexity index is 317. The molecule has 1 saturated carbocycles. The lowest BCUT2D eigenvalue weighted by molar-refractivity contribution is 0.450. The molecule has 1 heterocycles. The fourth-order valence-corrected chi connectivity index (χ4v) is 1.75. The topological polar surface area (TPSA) is 55.6 Å². The molecule has 1 aromatic rings. The van der Waals surface area contributed by atoms with Gasteiger partial charge in [-0.2, -0.15) is 0 Å². The summed E-state index contributed by atoms with van der Waals surface area (Å²) < 4.78 is 1.91. The van der Waals surface area contributed by atoms with Crippen molar-refractivity contribution in [2.75, 3.05) is 7.05 Å². The molecule has 78 valence electrons. The van der Waals surface area contributed by atoms with Gasteiger partial charge in [0.15, 0.2) is 5.82 Å². The number of aromatic nitrogens is 4. The van der Waals surface area contributed by atoms with Gasteiger partial charge in [0.1, 0.15) is 0 Å². The average Bonchev–Trinajstić information content (AvgIpc) is 2.55. The zero-order valence-electron chi connectivity index (χ0n) is 8.99. The van der Waals surface area contributed by atoms with Crippen LogP contribution in [0.15, 0.2) is 0 Å². The van der Waals surface area contributed by atoms with E-state index in [-0.39, 0.29) is 0 Å². The summed E-state index contributed by atoms with van der Waals surface area (Å²) in [7, 11) is 1.90. The molecular weight excluding hydrogens is 178 g/mol. The van der Waals surface area contributed by atoms with Crippen molar-refractivity contribution < 1.29 is 0 Å². The number of tetrazole rings is 1. The molecule has 5 nitrogen and oxygen atoms in total. The highest BCUT2D eigenvalue weighted by atomic mass is 15.5. The molecule has 0 spiro atoms. The van der Waals surface area contributed by atoms with Crippen LogP contribution in [-0.4, -0.2) is 27.3 Å². The fourth-order valence-electron chi connectivity index (χ4n) is 1.75. The third-order valence-electron chi connectivity index (χ3n) is 3.05. The van der Waals surface area contributed by atoms with E-state index < -0.39 is 0 Å². The lowest BCUT2D eigenvalue weighted by Gasteiger charge is -2.05. The second kappa shape index (κ2) is 3.31. The maximum atomic E-state index is 4.00. The molecule has 1 unspecified atom stereocenters. The van der Waals surface area contributed by atoms with Gasteiger partial charge < -0.3 is 5.32 Å². The van der Waals surface area contributed by atoms with Crippen LogP contribution < -0.4 is 5.32 Å². The Morgan fingerprint density at radius 2 is 2.29 bits per heavy atom. The van der Waals surface area contributed by atoms with Crippen LogP contribution >= 0.6 is 0 Å². The van der Waals surface area contributed by atoms with Crippen LogP contribution in [0.4, 0.5) is 0 Å². The maximum absolute atomic E-state index is 4.00. The SMILES string of the molecule is CNCc1nnnn1CC1CC1(C)C. The number of nitrogens with one attached hydrogen (secondary N) is 1. The summed E-state index contributed by atoms with van der Waals surface area (Å²) in [5.41, 5.74) is 0.489. The Hall–Kier alpha value is -0.970. The first-order chi connectivity index (χ1) is 6.63. The Labute approximate surface area is 83.9 Å². The minimum atomic E-state index is 0.489. The van der Waals surface area contributed by atoms with Crippen LogP contribution in [0.5, 0.6) is 0 Å². The Kier molecular flexibility index (Phi) is 2.26. The molecule has 5 heteroatoms. The molecule has 1 aliphatic carbocycles. The third-order valence-corrected chi connectivity index (χ3v) is 3.05. The van der Waals surface area contributed by atoms with Gasteiger partial charge in [-0.05, 0) is 35.2 Å². The summed E-state index contributed by atoms with van der Waals surface area (Å²) in [6.45, 7) is 6.27. The van der Waals surface area contributed by atoms with Crippen molar-refractivity contribution in [2.24, 2.45) is 11.3 Å². The molecule has 2 rings (SSSR count). The predicted octanol–water partition coefficient (Wildman–Crippen LogP) is 0.439. The fraction of sp³-hybridized carbons (Fsp3) is 0.889. The molecule has 0 amide bonds. The molecular formula is C9H17N5. The van der Waals surface area contributed by atoms with Crippen LogP contribution in [0, 0.1) is 11.3 Å². The Morgan fingerprint density at radius 1 is 1.57 bits per heavy atom. The van der Waals surface area contributed by atoms with E-state index in [1.54, 1.807) is 0 Å². The zero-order chi connectivity index (χ0) is 10.2. The molecule has 1 atom stereocenters. The van der Waals surface area contributed by atoms with Crippen molar-refractivity contribution in [3.05, 3.63) is 5.82 Å². The Balaban J connectivity index is 1.99. The highest BCUT2D eigenvalue weighted by Gasteiger charge is 2.45. The second-order valence-corrected chi connectivity index (χ2v) is 4.70. The molecule has 0 aliphatic heterocycles. The van der Waals surface area contributed by atoms with Crippen LogP contribution in [0.2, 0.25) is 0 Å². The normalized spacial score (nSPS) is 23.8. The standard InChI is InChI=1S/C9H17N5/c1-9(2)4-7(9)6-14-8(5-10-3)11-12-13-14/h7,10H,4-6H2,1-3H3. The van der Waals surface area contributed by atoms with E-state index in [1.807, 2.05) is 11.7 Å². The number of rotatable bonds is 4. The molecule has 0 radical (unpaired) electrons. The van der Waals surface area contributed by atoms with E-state index in [2.05, 4.69) is 34.7 Å². The van der Waals surface area contributed by atoms with Gasteiger partial charge in [0.25, 0.3) is 0 Å². The van der Waals surface area contributed by atoms with E-state index in [0.29, 0.717) is 5.41 Å². The molecule has 0 aromatic carbocycles. The zero-order valence-corrected chi connectivity index (χ0v) is 8.99. The second-order valence-electron chi connectivity index (χ2n) is 4.70. The van der Waals surface area contributed by atoms with Gasteiger partial charge in [-0.1, -0.05) is 13.8 Å². The van der Waals surface area contributed by atoms with E-state index in [0.717, 1.165) is 24.8 Å². The minimum absolute atomic E-state index is 0.489. The summed E-state index contributed by atoms with van der Waals surface area (Å²) in [5.74, 6) is 1.66. The van der Waals surface area contributed by atoms with Crippen LogP contribution in [0.25, 0.3) is 0 Å². The van der Waals surface area contributed by atoms with Crippen molar-refractivity contribution in [2.45, 2.75) is 33.4 Å². The van der Waals surface area contributed by atoms with Gasteiger partial charge in [0.05, 0.1) is 6.54 Å². The molecule has 1 aromatic heterocycles. The van der Waals surface area contributed by atoms with Gasteiger partial charge in [-0.15, -0.1) is 5.10 Å². The van der Waals surface area contributed by atoms with Gasteiger partial charge in [-0.3, -0.25) is 0 Å². The van der Waals surface area contributed by atoms with Crippen molar-refractivity contribution in [1.82, 2.24) is 25.5 Å². The first-order valence-electron chi connectivity index (χ1n) is 5.03. The van der Waals surface area contributed by atoms with Crippen LogP contribution in [-0.2, 0) is 13.1 Å². The van der Waals surface area contributed by atoms with E-state index in [9.17, 15) is 0 Å². The van der Waals surface area contributed by atoms with E-state index in [1.165, 1.54) is 6.42 Å². The quantitative estimate of drug-likeness (QED) is 0.757. The monoisotopic (exact) mass is 195 g/mol. The van der Waals surface area contributed by atoms with Crippen LogP contribution in [0.1, 0.15) is 26.1 Å². The van der Waals surface area contributed by atoms with Gasteiger partial charge in [0.2, 0.25) is 0 Å². The maximum Gasteiger partial charge on any atom is 0.165 e. The summed E-state index contributed by atoms with van der Waals surface area (Å²) in [6.07, 6.45) is 1.28. The summed E-state index contributed by atoms with van der Waals surface area (Å²) in [4.78, 5) is 0. The lowest BCUT2D eigenvalue weighted by Crippen LogP contribution is -2.15. The molecule has 1 N–H and O–H groups in total. The van der Waals surface area contributed by atoms with Gasteiger partial charge in [-0.25, -0.2) is 4.68 Å². The number of nitrogens with zero attached hydrogens (tertiary/aromatic N) is 4. The molecule has 14 heavy (non-hydrogen) atoms. The minimum Gasteiger partial charge on any atom is -0.313 e. The highest BCUT2D eigenvalue weighted by Crippen LogP contribution is 2.52. The van der Waals surface area contributed by atoms with Crippen molar-refractivity contribution in [1.29, 1.82) is 0 Å². The number of hydrogen-bond donors (Lipinski definition) is 1. The largest absolute Gasteiger partial charge is 0.313 e. The predicted molar refractivity (Wildman–Crippen MR) is 52.5 cm³/mol.